The van der Waals surface area contributed by atoms with Gasteiger partial charge < -0.3 is 17.1 Å². The van der Waals surface area contributed by atoms with Crippen LogP contribution >= 0.6 is 0 Å². The van der Waals surface area contributed by atoms with E-state index in [1.54, 1.807) is 0 Å². The minimum atomic E-state index is 0. The Morgan fingerprint density at radius 1 is 0.962 bits per heavy atom. The van der Waals surface area contributed by atoms with Crippen LogP contribution in [0.3, 0.4) is 0 Å². The molecular formula is C22H27ClN2O. The summed E-state index contributed by atoms with van der Waals surface area (Å²) in [6.45, 7) is 3.87. The highest BCUT2D eigenvalue weighted by Gasteiger charge is 2.21. The van der Waals surface area contributed by atoms with Gasteiger partial charge in [-0.25, -0.2) is 9.13 Å². The summed E-state index contributed by atoms with van der Waals surface area (Å²) in [5, 5.41) is 0. The molecule has 26 heavy (non-hydrogen) atoms. The smallest absolute Gasteiger partial charge is 0.246 e. The van der Waals surface area contributed by atoms with Crippen molar-refractivity contribution in [3.8, 4) is 0 Å². The second-order valence-electron chi connectivity index (χ2n) is 7.37. The number of hydrogen-bond acceptors (Lipinski definition) is 1. The molecule has 2 aromatic carbocycles. The maximum atomic E-state index is 6.24. The number of halogens is 1. The van der Waals surface area contributed by atoms with Gasteiger partial charge in [0.1, 0.15) is 6.54 Å². The number of imidazole rings is 1. The van der Waals surface area contributed by atoms with E-state index in [1.807, 2.05) is 0 Å². The number of nitrogens with zero attached hydrogens (tertiary/aromatic N) is 2. The van der Waals surface area contributed by atoms with Gasteiger partial charge in [0.15, 0.2) is 17.8 Å². The van der Waals surface area contributed by atoms with Gasteiger partial charge in [0.05, 0.1) is 6.10 Å². The van der Waals surface area contributed by atoms with Crippen molar-refractivity contribution in [3.63, 3.8) is 0 Å². The summed E-state index contributed by atoms with van der Waals surface area (Å²) < 4.78 is 10.8. The van der Waals surface area contributed by atoms with Crippen LogP contribution in [0, 0.1) is 5.92 Å². The topological polar surface area (TPSA) is 18.0 Å². The van der Waals surface area contributed by atoms with Crippen LogP contribution in [0.4, 0.5) is 0 Å². The molecule has 1 heterocycles. The lowest BCUT2D eigenvalue weighted by Gasteiger charge is -2.25. The van der Waals surface area contributed by atoms with Crippen molar-refractivity contribution in [1.82, 2.24) is 4.57 Å². The quantitative estimate of drug-likeness (QED) is 0.623. The highest BCUT2D eigenvalue weighted by atomic mass is 35.5. The van der Waals surface area contributed by atoms with Crippen LogP contribution in [0.5, 0.6) is 0 Å². The highest BCUT2D eigenvalue weighted by molar-refractivity contribution is 5.71. The maximum absolute atomic E-state index is 6.24. The lowest BCUT2D eigenvalue weighted by molar-refractivity contribution is -0.663. The first kappa shape index (κ1) is 18.9. The number of benzene rings is 2. The van der Waals surface area contributed by atoms with Crippen LogP contribution in [-0.4, -0.2) is 10.7 Å². The van der Waals surface area contributed by atoms with E-state index in [2.05, 4.69) is 77.0 Å². The molecule has 3 nitrogen and oxygen atoms in total. The van der Waals surface area contributed by atoms with Gasteiger partial charge in [-0.3, -0.25) is 0 Å². The number of rotatable bonds is 5. The molecule has 0 atom stereocenters. The molecule has 0 amide bonds. The van der Waals surface area contributed by atoms with Crippen molar-refractivity contribution < 1.29 is 21.7 Å². The van der Waals surface area contributed by atoms with Crippen molar-refractivity contribution in [3.05, 3.63) is 66.5 Å². The largest absolute Gasteiger partial charge is 1.00 e. The average molecular weight is 371 g/mol. The number of para-hydroxylation sites is 2. The van der Waals surface area contributed by atoms with E-state index in [1.165, 1.54) is 42.3 Å². The van der Waals surface area contributed by atoms with E-state index in [9.17, 15) is 0 Å². The van der Waals surface area contributed by atoms with Crippen LogP contribution < -0.4 is 17.0 Å². The molecule has 0 N–H and O–H groups in total. The zero-order valence-corrected chi connectivity index (χ0v) is 16.1. The standard InChI is InChI=1S/C22H27N2O.ClH/c1-18-11-13-20(14-12-18)25-17-24-16-23(15-19-7-3-2-4-8-19)21-9-5-6-10-22(21)24;/h2-10,16,18,20H,11-15,17H2,1H3;1H/q+1;/p-1. The lowest BCUT2D eigenvalue weighted by atomic mass is 9.89. The summed E-state index contributed by atoms with van der Waals surface area (Å²) in [7, 11) is 0. The minimum Gasteiger partial charge on any atom is -1.00 e. The first-order valence-corrected chi connectivity index (χ1v) is 9.42. The third-order valence-electron chi connectivity index (χ3n) is 5.39. The molecule has 1 fully saturated rings. The van der Waals surface area contributed by atoms with E-state index in [0.717, 1.165) is 12.5 Å². The van der Waals surface area contributed by atoms with Gasteiger partial charge in [-0.05, 0) is 49.3 Å². The molecule has 1 aliphatic rings. The molecule has 0 bridgehead atoms. The second-order valence-corrected chi connectivity index (χ2v) is 7.37. The SMILES string of the molecule is CC1CCC(OCn2c[n+](Cc3ccccc3)c3ccccc32)CC1.[Cl-]. The van der Waals surface area contributed by atoms with E-state index in [-0.39, 0.29) is 12.4 Å². The fraction of sp³-hybridized carbons (Fsp3) is 0.409. The zero-order valence-electron chi connectivity index (χ0n) is 15.4. The molecule has 1 aliphatic carbocycles. The molecule has 1 saturated carbocycles. The van der Waals surface area contributed by atoms with Crippen molar-refractivity contribution >= 4 is 11.0 Å². The first-order chi connectivity index (χ1) is 12.3. The summed E-state index contributed by atoms with van der Waals surface area (Å²) in [5.41, 5.74) is 3.81. The molecule has 138 valence electrons. The number of fused-ring (bicyclic) bond motifs is 1. The molecule has 4 heteroatoms. The molecule has 0 radical (unpaired) electrons. The van der Waals surface area contributed by atoms with E-state index in [0.29, 0.717) is 12.8 Å². The van der Waals surface area contributed by atoms with Crippen LogP contribution in [-0.2, 0) is 18.0 Å². The van der Waals surface area contributed by atoms with Gasteiger partial charge >= 0.3 is 0 Å². The molecule has 0 aliphatic heterocycles. The molecule has 0 spiro atoms. The van der Waals surface area contributed by atoms with Crippen molar-refractivity contribution in [2.24, 2.45) is 5.92 Å². The maximum Gasteiger partial charge on any atom is 0.246 e. The highest BCUT2D eigenvalue weighted by Crippen LogP contribution is 2.26. The molecule has 4 rings (SSSR count). The van der Waals surface area contributed by atoms with Gasteiger partial charge in [-0.1, -0.05) is 49.4 Å². The fourth-order valence-corrected chi connectivity index (χ4v) is 3.83. The fourth-order valence-electron chi connectivity index (χ4n) is 3.83. The van der Waals surface area contributed by atoms with Gasteiger partial charge in [0.2, 0.25) is 6.33 Å². The zero-order chi connectivity index (χ0) is 17.1. The second kappa shape index (κ2) is 8.70. The molecule has 0 saturated heterocycles. The average Bonchev–Trinajstić information content (AvgIpc) is 3.00. The Kier molecular flexibility index (Phi) is 6.33. The molecule has 3 aromatic rings. The van der Waals surface area contributed by atoms with Gasteiger partial charge in [0.25, 0.3) is 0 Å². The Bertz CT molecular complexity index is 823. The van der Waals surface area contributed by atoms with Gasteiger partial charge in [0, 0.05) is 0 Å². The molecule has 0 unspecified atom stereocenters. The van der Waals surface area contributed by atoms with Gasteiger partial charge in [-0.2, -0.15) is 0 Å². The number of ether oxygens (including phenoxy) is 1. The predicted octanol–water partition coefficient (Wildman–Crippen LogP) is 1.53. The third-order valence-corrected chi connectivity index (χ3v) is 5.39. The normalized spacial score (nSPS) is 20.0. The van der Waals surface area contributed by atoms with Gasteiger partial charge in [-0.15, -0.1) is 0 Å². The third kappa shape index (κ3) is 4.28. The summed E-state index contributed by atoms with van der Waals surface area (Å²) in [5.74, 6) is 0.861. The van der Waals surface area contributed by atoms with Crippen LogP contribution in [0.1, 0.15) is 38.2 Å². The Morgan fingerprint density at radius 2 is 1.65 bits per heavy atom. The first-order valence-electron chi connectivity index (χ1n) is 9.42. The Morgan fingerprint density at radius 3 is 2.42 bits per heavy atom. The number of aromatic nitrogens is 2. The van der Waals surface area contributed by atoms with Crippen LogP contribution in [0.15, 0.2) is 60.9 Å². The van der Waals surface area contributed by atoms with E-state index in [4.69, 9.17) is 4.74 Å². The Labute approximate surface area is 162 Å². The molecular weight excluding hydrogens is 344 g/mol. The van der Waals surface area contributed by atoms with Crippen LogP contribution in [0.2, 0.25) is 0 Å². The van der Waals surface area contributed by atoms with E-state index >= 15 is 0 Å². The minimum absolute atomic E-state index is 0. The Balaban J connectivity index is 0.00000196. The summed E-state index contributed by atoms with van der Waals surface area (Å²) in [4.78, 5) is 0. The van der Waals surface area contributed by atoms with Crippen molar-refractivity contribution in [1.29, 1.82) is 0 Å². The van der Waals surface area contributed by atoms with Crippen molar-refractivity contribution in [2.75, 3.05) is 0 Å². The van der Waals surface area contributed by atoms with Crippen molar-refractivity contribution in [2.45, 2.75) is 52.0 Å². The number of hydrogen-bond donors (Lipinski definition) is 0. The monoisotopic (exact) mass is 370 g/mol. The Hall–Kier alpha value is -1.84. The predicted molar refractivity (Wildman–Crippen MR) is 100 cm³/mol. The molecule has 1 aromatic heterocycles. The summed E-state index contributed by atoms with van der Waals surface area (Å²) >= 11 is 0. The lowest BCUT2D eigenvalue weighted by Crippen LogP contribution is -3.00. The van der Waals surface area contributed by atoms with Crippen LogP contribution in [0.25, 0.3) is 11.0 Å². The van der Waals surface area contributed by atoms with E-state index < -0.39 is 0 Å². The summed E-state index contributed by atoms with van der Waals surface area (Å²) in [6, 6.07) is 19.2. The summed E-state index contributed by atoms with van der Waals surface area (Å²) in [6.07, 6.45) is 7.61.